The summed E-state index contributed by atoms with van der Waals surface area (Å²) in [6, 6.07) is 0. The summed E-state index contributed by atoms with van der Waals surface area (Å²) in [5.74, 6) is -1.57. The summed E-state index contributed by atoms with van der Waals surface area (Å²) < 4.78 is 61.7. The van der Waals surface area contributed by atoms with Crippen LogP contribution in [-0.4, -0.2) is 95.9 Å². The minimum Gasteiger partial charge on any atom is -0.463 e. The quantitative estimate of drug-likeness (QED) is 0.0146. The highest BCUT2D eigenvalue weighted by Crippen LogP contribution is 2.45. The Hall–Kier alpha value is -5.61. The summed E-state index contributed by atoms with van der Waals surface area (Å²) in [7, 11) is -9.82. The van der Waals surface area contributed by atoms with Gasteiger partial charge in [-0.1, -0.05) is 421 Å². The maximum Gasteiger partial charge on any atom is 0.472 e. The molecule has 0 aliphatic carbocycles. The zero-order chi connectivity index (χ0) is 90.7. The molecule has 0 saturated carbocycles. The number of esters is 3. The fraction of sp³-hybridized carbons (Fsp3) is 0.673. The Labute approximate surface area is 763 Å². The molecule has 0 radical (unpaired) electrons. The van der Waals surface area contributed by atoms with E-state index >= 15 is 0 Å². The number of hydrogen-bond donors (Lipinski definition) is 4. The molecule has 714 valence electrons. The van der Waals surface area contributed by atoms with Crippen molar-refractivity contribution < 1.29 is 75.8 Å². The fourth-order valence-corrected chi connectivity index (χ4v) is 15.0. The van der Waals surface area contributed by atoms with Crippen LogP contribution in [0.1, 0.15) is 406 Å². The van der Waals surface area contributed by atoms with Crippen LogP contribution < -0.4 is 0 Å². The molecular weight excluding hydrogens is 1600 g/mol. The zero-order valence-corrected chi connectivity index (χ0v) is 80.7. The Bertz CT molecular complexity index is 3050. The van der Waals surface area contributed by atoms with Crippen LogP contribution in [0.2, 0.25) is 0 Å². The van der Waals surface area contributed by atoms with Gasteiger partial charge in [0.2, 0.25) is 0 Å². The van der Waals surface area contributed by atoms with E-state index in [1.807, 2.05) is 0 Å². The van der Waals surface area contributed by atoms with Gasteiger partial charge in [-0.2, -0.15) is 0 Å². The van der Waals surface area contributed by atoms with E-state index in [1.165, 1.54) is 167 Å². The van der Waals surface area contributed by atoms with Gasteiger partial charge in [-0.05, 0) is 161 Å². The molecule has 0 aromatic rings. The van der Waals surface area contributed by atoms with Crippen molar-refractivity contribution in [3.05, 3.63) is 194 Å². The largest absolute Gasteiger partial charge is 0.472 e. The van der Waals surface area contributed by atoms with E-state index in [-0.39, 0.29) is 19.3 Å². The van der Waals surface area contributed by atoms with Crippen molar-refractivity contribution in [2.24, 2.45) is 0 Å². The molecule has 0 fully saturated rings. The van der Waals surface area contributed by atoms with Crippen molar-refractivity contribution in [1.82, 2.24) is 0 Å². The molecule has 5 atom stereocenters. The first kappa shape index (κ1) is 119. The first-order valence-electron chi connectivity index (χ1n) is 49.7. The summed E-state index contributed by atoms with van der Waals surface area (Å²) in [5.41, 5.74) is 0. The van der Waals surface area contributed by atoms with Crippen molar-refractivity contribution >= 4 is 33.6 Å². The second-order valence-electron chi connectivity index (χ2n) is 32.8. The molecule has 0 saturated heterocycles. The van der Waals surface area contributed by atoms with Gasteiger partial charge in [0.15, 0.2) is 6.10 Å². The van der Waals surface area contributed by atoms with E-state index in [4.69, 9.17) is 32.3 Å². The van der Waals surface area contributed by atoms with Gasteiger partial charge in [-0.15, -0.1) is 0 Å². The van der Waals surface area contributed by atoms with Gasteiger partial charge in [0.25, 0.3) is 0 Å². The van der Waals surface area contributed by atoms with Crippen LogP contribution in [0.4, 0.5) is 0 Å². The van der Waals surface area contributed by atoms with Gasteiger partial charge in [0.05, 0.1) is 26.4 Å². The van der Waals surface area contributed by atoms with Crippen molar-refractivity contribution in [3.8, 4) is 0 Å². The molecule has 4 N–H and O–H groups in total. The summed E-state index contributed by atoms with van der Waals surface area (Å²) in [4.78, 5) is 59.2. The summed E-state index contributed by atoms with van der Waals surface area (Å²) >= 11 is 0. The van der Waals surface area contributed by atoms with Crippen LogP contribution in [0, 0.1) is 0 Å². The number of rotatable bonds is 93. The van der Waals surface area contributed by atoms with Crippen LogP contribution in [-0.2, 0) is 55.8 Å². The molecule has 0 aliphatic heterocycles. The highest BCUT2D eigenvalue weighted by atomic mass is 31.2. The van der Waals surface area contributed by atoms with Gasteiger partial charge >= 0.3 is 33.6 Å². The van der Waals surface area contributed by atoms with Gasteiger partial charge < -0.3 is 34.2 Å². The molecule has 0 amide bonds. The van der Waals surface area contributed by atoms with Crippen LogP contribution in [0.25, 0.3) is 0 Å². The Morgan fingerprint density at radius 2 is 0.400 bits per heavy atom. The molecule has 16 nitrogen and oxygen atoms in total. The highest BCUT2D eigenvalue weighted by Gasteiger charge is 2.30. The summed E-state index contributed by atoms with van der Waals surface area (Å²) in [6.45, 7) is 2.39. The maximum absolute atomic E-state index is 13.1. The lowest BCUT2D eigenvalue weighted by Gasteiger charge is -2.21. The first-order chi connectivity index (χ1) is 61.2. The van der Waals surface area contributed by atoms with Gasteiger partial charge in [-0.25, -0.2) is 9.13 Å². The minimum absolute atomic E-state index is 0.0962. The van der Waals surface area contributed by atoms with Gasteiger partial charge in [0.1, 0.15) is 25.4 Å². The van der Waals surface area contributed by atoms with E-state index in [0.717, 1.165) is 180 Å². The number of aliphatic hydroxyl groups is 2. The topological polar surface area (TPSA) is 231 Å². The van der Waals surface area contributed by atoms with Crippen molar-refractivity contribution in [3.63, 3.8) is 0 Å². The maximum atomic E-state index is 13.1. The number of allylic oxidation sites excluding steroid dienone is 32. The average Bonchev–Trinajstić information content (AvgIpc) is 0.901. The predicted molar refractivity (Wildman–Crippen MR) is 528 cm³/mol. The average molecular weight is 1780 g/mol. The number of unbranched alkanes of at least 4 members (excludes halogenated alkanes) is 38. The van der Waals surface area contributed by atoms with Gasteiger partial charge in [0, 0.05) is 19.3 Å². The second-order valence-corrected chi connectivity index (χ2v) is 35.7. The molecule has 0 bridgehead atoms. The number of phosphoric ester groups is 2. The third-order valence-electron chi connectivity index (χ3n) is 20.8. The van der Waals surface area contributed by atoms with Crippen molar-refractivity contribution in [1.29, 1.82) is 0 Å². The molecule has 18 heteroatoms. The van der Waals surface area contributed by atoms with Crippen LogP contribution in [0.15, 0.2) is 194 Å². The fourth-order valence-electron chi connectivity index (χ4n) is 13.4. The second kappa shape index (κ2) is 97.4. The number of carbonyl (C=O) groups is 3. The number of phosphoric acid groups is 2. The van der Waals surface area contributed by atoms with E-state index in [0.29, 0.717) is 19.3 Å². The van der Waals surface area contributed by atoms with Crippen LogP contribution >= 0.6 is 15.6 Å². The lowest BCUT2D eigenvalue weighted by atomic mass is 10.0. The Balaban J connectivity index is 4.64. The lowest BCUT2D eigenvalue weighted by Crippen LogP contribution is -2.30. The number of ether oxygens (including phenoxy) is 3. The number of hydrogen-bond acceptors (Lipinski definition) is 14. The predicted octanol–water partition coefficient (Wildman–Crippen LogP) is 31.3. The third kappa shape index (κ3) is 98.8. The smallest absolute Gasteiger partial charge is 0.463 e. The first-order valence-corrected chi connectivity index (χ1v) is 52.7. The molecule has 5 unspecified atom stereocenters. The molecule has 0 aromatic carbocycles. The number of carbonyl (C=O) groups excluding carboxylic acids is 3. The van der Waals surface area contributed by atoms with Crippen molar-refractivity contribution in [2.75, 3.05) is 39.6 Å². The Morgan fingerprint density at radius 1 is 0.224 bits per heavy atom. The molecule has 125 heavy (non-hydrogen) atoms. The lowest BCUT2D eigenvalue weighted by molar-refractivity contribution is -0.161. The van der Waals surface area contributed by atoms with Crippen molar-refractivity contribution in [2.45, 2.75) is 424 Å². The Morgan fingerprint density at radius 3 is 0.632 bits per heavy atom. The molecule has 0 heterocycles. The highest BCUT2D eigenvalue weighted by molar-refractivity contribution is 7.47. The molecule has 0 rings (SSSR count). The molecule has 0 spiro atoms. The SMILES string of the molecule is CC/C=C\C/C=C\C/C=C\C/C=C\C/C=C\C/C=C\CCCCCCCCCCCCCCC(=O)OCC(O)COP(=O)(O)OCC(O)COP(=O)(O)OCC(COC(=O)CCCCCCCCCCCCCCCCC/C=C\C/C=C\C/C=C\C/C=C\C/C=C\CC)OC(=O)CCCCCCCCCCCCC/C=C\C/C=C\C/C=C\C/C=C\C/C=C\CC. The zero-order valence-electron chi connectivity index (χ0n) is 79.0. The summed E-state index contributed by atoms with van der Waals surface area (Å²) in [6.07, 6.45) is 130. The third-order valence-corrected chi connectivity index (χ3v) is 22.7. The number of aliphatic hydroxyl groups excluding tert-OH is 2. The summed E-state index contributed by atoms with van der Waals surface area (Å²) in [5, 5.41) is 20.8. The Kier molecular flexibility index (Phi) is 93.1. The minimum atomic E-state index is -4.95. The van der Waals surface area contributed by atoms with E-state index < -0.39 is 91.5 Å². The van der Waals surface area contributed by atoms with E-state index in [9.17, 15) is 43.5 Å². The molecule has 0 aromatic heterocycles. The van der Waals surface area contributed by atoms with Gasteiger partial charge in [-0.3, -0.25) is 32.5 Å². The monoisotopic (exact) mass is 1780 g/mol. The van der Waals surface area contributed by atoms with Crippen LogP contribution in [0.5, 0.6) is 0 Å². The van der Waals surface area contributed by atoms with Crippen LogP contribution in [0.3, 0.4) is 0 Å². The van der Waals surface area contributed by atoms with E-state index in [2.05, 4.69) is 215 Å². The van der Waals surface area contributed by atoms with E-state index in [1.54, 1.807) is 0 Å². The molecule has 0 aliphatic rings. The molecular formula is C107H180O16P2. The normalized spacial score (nSPS) is 14.5. The standard InChI is InChI=1S/C107H180O16P2/c1-4-7-10-13-16-19-22-25-28-31-34-37-40-43-46-48-50-52-55-57-60-63-66-69-72-75-78-81-84-87-90-93-105(110)117-96-102(108)97-119-124(113,114)120-98-103(109)99-121-125(115,116)122-101-104(123-107(112)95-92-89-86-83-80-77-74-71-68-65-62-59-54-45-42-39-36-33-30-27-24-21-18-15-12-9-6-3)100-118-106(111)94-91-88-85-82-79-76-73-70-67-64-61-58-56-53-51-49-47-44-41-38-35-32-29-26-23-20-17-14-11-8-5-2/h7-12,16-21,25-30,34-39,43-47,50,52,54,102-104,108-109H,4-6,13-15,22-24,31-33,40-42,48-49,51,53,55-101H2,1-3H3,(H,113,114)(H,115,116)/b10-7-,11-8-,12-9-,19-16-,20-17-,21-18-,28-25-,29-26-,30-27-,37-34-,38-35-,39-36-,46-43-,47-44-,52-50-,54-45-.